The summed E-state index contributed by atoms with van der Waals surface area (Å²) in [6.45, 7) is 3.92. The van der Waals surface area contributed by atoms with E-state index in [9.17, 15) is 9.59 Å². The molecule has 0 N–H and O–H groups in total. The van der Waals surface area contributed by atoms with Gasteiger partial charge in [-0.3, -0.25) is 0 Å². The second-order valence-corrected chi connectivity index (χ2v) is 15.7. The maximum Gasteiger partial charge on any atom is 0.339 e. The zero-order valence-corrected chi connectivity index (χ0v) is 26.2. The number of pyridine rings is 2. The van der Waals surface area contributed by atoms with Crippen molar-refractivity contribution in [3.63, 3.8) is 0 Å². The van der Waals surface area contributed by atoms with Crippen molar-refractivity contribution in [1.29, 1.82) is 0 Å². The summed E-state index contributed by atoms with van der Waals surface area (Å²) in [5.41, 5.74) is 2.37. The van der Waals surface area contributed by atoms with Gasteiger partial charge in [0, 0.05) is 26.5 Å². The number of fused-ring (bicyclic) bond motifs is 2. The molecule has 4 heterocycles. The molecular weight excluding hydrogens is 650 g/mol. The number of aryl methyl sites for hydroxylation is 2. The van der Waals surface area contributed by atoms with Crippen LogP contribution in [0.2, 0.25) is 0 Å². The summed E-state index contributed by atoms with van der Waals surface area (Å²) in [5, 5.41) is 0. The van der Waals surface area contributed by atoms with E-state index in [0.29, 0.717) is 34.0 Å². The fourth-order valence-corrected chi connectivity index (χ4v) is 10.6. The van der Waals surface area contributed by atoms with Gasteiger partial charge in [-0.1, -0.05) is 46.4 Å². The number of nitrogens with zero attached hydrogens (tertiary/aromatic N) is 6. The van der Waals surface area contributed by atoms with Crippen molar-refractivity contribution in [2.75, 3.05) is 13.2 Å². The van der Waals surface area contributed by atoms with Gasteiger partial charge in [0.1, 0.15) is 11.0 Å². The average molecular weight is 670 g/mol. The number of rotatable bonds is 10. The lowest BCUT2D eigenvalue weighted by Gasteiger charge is -2.21. The molecule has 4 rings (SSSR count). The summed E-state index contributed by atoms with van der Waals surface area (Å²) in [5.74, 6) is -0.419. The fourth-order valence-electron chi connectivity index (χ4n) is 3.50. The first-order chi connectivity index (χ1) is 18.4. The number of esters is 2. The van der Waals surface area contributed by atoms with E-state index >= 15 is 0 Å². The van der Waals surface area contributed by atoms with Gasteiger partial charge in [0.2, 0.25) is 7.33 Å². The number of aromatic nitrogens is 6. The molecule has 17 heteroatoms. The topological polar surface area (TPSA) is 114 Å². The van der Waals surface area contributed by atoms with Crippen LogP contribution in [0.15, 0.2) is 24.5 Å². The molecule has 39 heavy (non-hydrogen) atoms. The molecular formula is C22H20Cl4N6O4S3. The van der Waals surface area contributed by atoms with Crippen molar-refractivity contribution < 1.29 is 19.1 Å². The lowest BCUT2D eigenvalue weighted by molar-refractivity contribution is 0.0516. The first kappa shape index (κ1) is 30.4. The number of ether oxygens (including phenoxy) is 2. The zero-order chi connectivity index (χ0) is 28.5. The largest absolute Gasteiger partial charge is 0.462 e. The third-order valence-corrected chi connectivity index (χ3v) is 12.0. The SMILES string of the molecule is CCOC(=O)c1cnc2c(c1)nc(C(Cl)(Cl)SSSC(Cl)(Cl)c1nc3cc(C(=O)OCC)cnc3n1C)n2C. The van der Waals surface area contributed by atoms with Gasteiger partial charge >= 0.3 is 11.9 Å². The van der Waals surface area contributed by atoms with E-state index in [1.54, 1.807) is 49.2 Å². The van der Waals surface area contributed by atoms with E-state index in [4.69, 9.17) is 55.9 Å². The highest BCUT2D eigenvalue weighted by molar-refractivity contribution is 9.10. The van der Waals surface area contributed by atoms with E-state index in [2.05, 4.69) is 19.9 Å². The summed E-state index contributed by atoms with van der Waals surface area (Å²) in [7, 11) is 6.66. The molecule has 0 saturated heterocycles. The van der Waals surface area contributed by atoms with E-state index in [-0.39, 0.29) is 24.3 Å². The molecule has 0 aliphatic heterocycles. The summed E-state index contributed by atoms with van der Waals surface area (Å²) in [4.78, 5) is 41.7. The first-order valence-electron chi connectivity index (χ1n) is 11.2. The number of carbonyl (C=O) groups is 2. The summed E-state index contributed by atoms with van der Waals surface area (Å²) in [6.07, 6.45) is 2.81. The van der Waals surface area contributed by atoms with Crippen molar-refractivity contribution in [2.45, 2.75) is 21.2 Å². The molecule has 0 spiro atoms. The van der Waals surface area contributed by atoms with Crippen molar-refractivity contribution in [3.05, 3.63) is 47.3 Å². The molecule has 4 aromatic heterocycles. The standard InChI is InChI=1S/C22H20Cl4N6O4S3/c1-5-35-17(33)11-7-13-15(27-9-11)31(3)19(29-13)21(23,24)37-39-38-22(25,26)20-30-14-8-12(18(34)36-6-2)10-28-16(14)32(20)4/h7-10H,5-6H2,1-4H3. The van der Waals surface area contributed by atoms with E-state index in [0.717, 1.165) is 31.4 Å². The van der Waals surface area contributed by atoms with Crippen molar-refractivity contribution in [3.8, 4) is 0 Å². The molecule has 0 aromatic carbocycles. The Labute approximate surface area is 254 Å². The van der Waals surface area contributed by atoms with Crippen molar-refractivity contribution in [2.24, 2.45) is 14.1 Å². The van der Waals surface area contributed by atoms with Crippen LogP contribution in [0.4, 0.5) is 0 Å². The Kier molecular flexibility index (Phi) is 9.41. The molecule has 0 amide bonds. The van der Waals surface area contributed by atoms with Gasteiger partial charge in [0.15, 0.2) is 22.9 Å². The molecule has 0 bridgehead atoms. The molecule has 0 atom stereocenters. The number of alkyl halides is 4. The molecule has 0 saturated carbocycles. The lowest BCUT2D eigenvalue weighted by atomic mass is 10.3. The monoisotopic (exact) mass is 668 g/mol. The molecule has 4 aromatic rings. The Hall–Kier alpha value is -1.61. The van der Waals surface area contributed by atoms with E-state index < -0.39 is 19.3 Å². The van der Waals surface area contributed by atoms with Crippen LogP contribution in [0.25, 0.3) is 22.3 Å². The van der Waals surface area contributed by atoms with Gasteiger partial charge in [-0.2, -0.15) is 0 Å². The highest BCUT2D eigenvalue weighted by Crippen LogP contribution is 2.60. The quantitative estimate of drug-likeness (QED) is 0.105. The Morgan fingerprint density at radius 3 is 1.54 bits per heavy atom. The molecule has 0 radical (unpaired) electrons. The summed E-state index contributed by atoms with van der Waals surface area (Å²) >= 11 is 26.7. The van der Waals surface area contributed by atoms with Crippen LogP contribution < -0.4 is 0 Å². The molecule has 0 aliphatic rings. The first-order valence-corrected chi connectivity index (χ1v) is 16.2. The maximum atomic E-state index is 12.1. The number of carbonyl (C=O) groups excluding carboxylic acids is 2. The van der Waals surface area contributed by atoms with E-state index in [1.165, 1.54) is 12.4 Å². The molecule has 208 valence electrons. The van der Waals surface area contributed by atoms with Gasteiger partial charge in [0.05, 0.1) is 24.3 Å². The fraction of sp³-hybridized carbons (Fsp3) is 0.364. The van der Waals surface area contributed by atoms with Gasteiger partial charge < -0.3 is 18.6 Å². The Bertz CT molecular complexity index is 1450. The summed E-state index contributed by atoms with van der Waals surface area (Å²) in [6, 6.07) is 3.13. The van der Waals surface area contributed by atoms with Crippen LogP contribution in [-0.2, 0) is 30.9 Å². The predicted octanol–water partition coefficient (Wildman–Crippen LogP) is 6.51. The number of halogens is 4. The Morgan fingerprint density at radius 1 is 0.795 bits per heavy atom. The molecule has 10 nitrogen and oxygen atoms in total. The average Bonchev–Trinajstić information content (AvgIpc) is 3.41. The predicted molar refractivity (Wildman–Crippen MR) is 158 cm³/mol. The lowest BCUT2D eigenvalue weighted by Crippen LogP contribution is -2.13. The molecule has 0 aliphatic carbocycles. The third-order valence-electron chi connectivity index (χ3n) is 5.24. The number of hydrogen-bond acceptors (Lipinski definition) is 11. The van der Waals surface area contributed by atoms with Gasteiger partial charge in [0.25, 0.3) is 0 Å². The highest BCUT2D eigenvalue weighted by Gasteiger charge is 2.39. The molecule has 0 unspecified atom stereocenters. The van der Waals surface area contributed by atoms with Crippen LogP contribution in [0, 0.1) is 0 Å². The van der Waals surface area contributed by atoms with Gasteiger partial charge in [-0.05, 0) is 57.4 Å². The van der Waals surface area contributed by atoms with Crippen LogP contribution in [0.3, 0.4) is 0 Å². The van der Waals surface area contributed by atoms with Crippen LogP contribution >= 0.6 is 77.8 Å². The number of hydrogen-bond donors (Lipinski definition) is 0. The minimum Gasteiger partial charge on any atom is -0.462 e. The second kappa shape index (κ2) is 12.1. The Morgan fingerprint density at radius 2 is 1.18 bits per heavy atom. The van der Waals surface area contributed by atoms with Gasteiger partial charge in [-0.15, -0.1) is 0 Å². The molecule has 0 fully saturated rings. The van der Waals surface area contributed by atoms with Crippen molar-refractivity contribution in [1.82, 2.24) is 29.1 Å². The second-order valence-electron chi connectivity index (χ2n) is 7.83. The Balaban J connectivity index is 1.51. The van der Waals surface area contributed by atoms with Crippen LogP contribution in [0.1, 0.15) is 46.2 Å². The summed E-state index contributed by atoms with van der Waals surface area (Å²) < 4.78 is 10.2. The smallest absolute Gasteiger partial charge is 0.339 e. The van der Waals surface area contributed by atoms with E-state index in [1.807, 2.05) is 0 Å². The minimum atomic E-state index is -1.54. The van der Waals surface area contributed by atoms with Crippen LogP contribution in [0.5, 0.6) is 0 Å². The minimum absolute atomic E-state index is 0.240. The zero-order valence-electron chi connectivity index (χ0n) is 20.8. The normalized spacial score (nSPS) is 12.3. The van der Waals surface area contributed by atoms with Crippen molar-refractivity contribution >= 4 is 112 Å². The maximum absolute atomic E-state index is 12.1. The third kappa shape index (κ3) is 6.34. The van der Waals surface area contributed by atoms with Gasteiger partial charge in [-0.25, -0.2) is 29.5 Å². The number of imidazole rings is 2. The highest BCUT2D eigenvalue weighted by atomic mass is 35.5. The van der Waals surface area contributed by atoms with Crippen LogP contribution in [-0.4, -0.2) is 54.2 Å².